The van der Waals surface area contributed by atoms with E-state index in [4.69, 9.17) is 4.98 Å². The average Bonchev–Trinajstić information content (AvgIpc) is 2.85. The number of benzene rings is 1. The number of nitrogens with zero attached hydrogens (tertiary/aromatic N) is 2. The molecule has 0 aliphatic heterocycles. The van der Waals surface area contributed by atoms with Crippen LogP contribution < -0.4 is 0 Å². The number of nitrogens with one attached hydrogen (secondary N) is 1. The van der Waals surface area contributed by atoms with Gasteiger partial charge < -0.3 is 4.98 Å². The van der Waals surface area contributed by atoms with Crippen LogP contribution >= 0.6 is 0 Å². The van der Waals surface area contributed by atoms with E-state index in [1.165, 1.54) is 11.1 Å². The molecule has 1 aromatic carbocycles. The normalized spacial score (nSPS) is 11.8. The van der Waals surface area contributed by atoms with Crippen LogP contribution in [0.1, 0.15) is 5.69 Å². The van der Waals surface area contributed by atoms with Crippen molar-refractivity contribution >= 4 is 27.7 Å². The maximum atomic E-state index is 4.70. The number of fused-ring (bicyclic) bond motifs is 5. The van der Waals surface area contributed by atoms with Gasteiger partial charge in [0, 0.05) is 16.6 Å². The highest BCUT2D eigenvalue weighted by molar-refractivity contribution is 6.05. The molecule has 0 aliphatic carbocycles. The summed E-state index contributed by atoms with van der Waals surface area (Å²) in [7, 11) is 0. The number of H-pyrrole nitrogens is 1. The first kappa shape index (κ1) is 8.82. The summed E-state index contributed by atoms with van der Waals surface area (Å²) < 4.78 is 2.16. The smallest absolute Gasteiger partial charge is 0.143 e. The Bertz CT molecular complexity index is 852. The highest BCUT2D eigenvalue weighted by Crippen LogP contribution is 2.26. The number of hydrogen-bond donors (Lipinski definition) is 1. The van der Waals surface area contributed by atoms with Gasteiger partial charge in [0.1, 0.15) is 16.8 Å². The predicted octanol–water partition coefficient (Wildman–Crippen LogP) is 3.28. The standard InChI is InChI=1S/C14H11N3/c1-9-5-4-8-12-16-13-10-6-2-3-7-11(10)15-14(13)17(9)12/h2-8,15H,1H3. The molecule has 0 saturated carbocycles. The number of imidazole rings is 1. The zero-order valence-corrected chi connectivity index (χ0v) is 9.44. The van der Waals surface area contributed by atoms with Gasteiger partial charge in [-0.15, -0.1) is 0 Å². The lowest BCUT2D eigenvalue weighted by Gasteiger charge is -1.98. The van der Waals surface area contributed by atoms with Gasteiger partial charge in [-0.2, -0.15) is 0 Å². The van der Waals surface area contributed by atoms with Crippen LogP contribution in [0.15, 0.2) is 42.5 Å². The van der Waals surface area contributed by atoms with E-state index in [1.807, 2.05) is 24.3 Å². The van der Waals surface area contributed by atoms with E-state index in [-0.39, 0.29) is 0 Å². The number of rotatable bonds is 0. The van der Waals surface area contributed by atoms with Crippen molar-refractivity contribution in [3.05, 3.63) is 48.2 Å². The lowest BCUT2D eigenvalue weighted by Crippen LogP contribution is -1.90. The quantitative estimate of drug-likeness (QED) is 0.485. The molecule has 0 amide bonds. The molecule has 0 fully saturated rings. The minimum atomic E-state index is 0.997. The van der Waals surface area contributed by atoms with Crippen LogP contribution in [0.5, 0.6) is 0 Å². The third kappa shape index (κ3) is 1.03. The SMILES string of the molecule is Cc1cccc2nc3c4ccccc4[nH]c3n12. The first-order valence-corrected chi connectivity index (χ1v) is 5.69. The number of pyridine rings is 1. The number of hydrogen-bond acceptors (Lipinski definition) is 1. The molecule has 82 valence electrons. The van der Waals surface area contributed by atoms with Crippen molar-refractivity contribution in [2.75, 3.05) is 0 Å². The minimum absolute atomic E-state index is 0.997. The van der Waals surface area contributed by atoms with Crippen molar-refractivity contribution in [2.45, 2.75) is 6.92 Å². The van der Waals surface area contributed by atoms with Crippen LogP contribution in [0, 0.1) is 6.92 Å². The Morgan fingerprint density at radius 3 is 2.88 bits per heavy atom. The van der Waals surface area contributed by atoms with E-state index in [9.17, 15) is 0 Å². The van der Waals surface area contributed by atoms with E-state index < -0.39 is 0 Å². The molecule has 0 bridgehead atoms. The van der Waals surface area contributed by atoms with Crippen LogP contribution in [-0.4, -0.2) is 14.4 Å². The molecule has 0 atom stereocenters. The second-order valence-corrected chi connectivity index (χ2v) is 4.34. The van der Waals surface area contributed by atoms with Gasteiger partial charge in [-0.3, -0.25) is 4.40 Å². The molecule has 4 rings (SSSR count). The summed E-state index contributed by atoms with van der Waals surface area (Å²) in [5, 5.41) is 1.19. The fraction of sp³-hybridized carbons (Fsp3) is 0.0714. The van der Waals surface area contributed by atoms with Gasteiger partial charge >= 0.3 is 0 Å². The Morgan fingerprint density at radius 1 is 1.06 bits per heavy atom. The molecular weight excluding hydrogens is 210 g/mol. The van der Waals surface area contributed by atoms with Crippen LogP contribution in [0.2, 0.25) is 0 Å². The van der Waals surface area contributed by atoms with E-state index in [2.05, 4.69) is 34.5 Å². The maximum absolute atomic E-state index is 4.70. The first-order chi connectivity index (χ1) is 8.34. The highest BCUT2D eigenvalue weighted by atomic mass is 15.1. The van der Waals surface area contributed by atoms with Crippen LogP contribution in [0.25, 0.3) is 27.7 Å². The molecule has 0 saturated heterocycles. The fourth-order valence-corrected chi connectivity index (χ4v) is 2.48. The van der Waals surface area contributed by atoms with E-state index in [1.54, 1.807) is 0 Å². The fourth-order valence-electron chi connectivity index (χ4n) is 2.48. The monoisotopic (exact) mass is 221 g/mol. The summed E-state index contributed by atoms with van der Waals surface area (Å²) in [6.07, 6.45) is 0. The number of aromatic nitrogens is 3. The molecule has 1 N–H and O–H groups in total. The van der Waals surface area contributed by atoms with Crippen LogP contribution in [0.3, 0.4) is 0 Å². The summed E-state index contributed by atoms with van der Waals surface area (Å²) in [4.78, 5) is 8.14. The molecule has 0 spiro atoms. The summed E-state index contributed by atoms with van der Waals surface area (Å²) in [5.74, 6) is 0. The number of aryl methyl sites for hydroxylation is 1. The second-order valence-electron chi connectivity index (χ2n) is 4.34. The van der Waals surface area contributed by atoms with Gasteiger partial charge in [0.25, 0.3) is 0 Å². The molecule has 0 radical (unpaired) electrons. The minimum Gasteiger partial charge on any atom is -0.339 e. The zero-order valence-electron chi connectivity index (χ0n) is 9.44. The van der Waals surface area contributed by atoms with Crippen molar-refractivity contribution in [1.82, 2.24) is 14.4 Å². The van der Waals surface area contributed by atoms with Crippen molar-refractivity contribution in [1.29, 1.82) is 0 Å². The van der Waals surface area contributed by atoms with E-state index in [0.29, 0.717) is 0 Å². The highest BCUT2D eigenvalue weighted by Gasteiger charge is 2.11. The van der Waals surface area contributed by atoms with E-state index >= 15 is 0 Å². The third-order valence-electron chi connectivity index (χ3n) is 3.27. The summed E-state index contributed by atoms with van der Waals surface area (Å²) in [6, 6.07) is 14.5. The summed E-state index contributed by atoms with van der Waals surface area (Å²) in [6.45, 7) is 2.10. The molecule has 4 aromatic rings. The van der Waals surface area contributed by atoms with Gasteiger partial charge in [-0.25, -0.2) is 4.98 Å². The zero-order chi connectivity index (χ0) is 11.4. The van der Waals surface area contributed by atoms with Crippen LogP contribution in [0.4, 0.5) is 0 Å². The predicted molar refractivity (Wildman–Crippen MR) is 69.3 cm³/mol. The Balaban J connectivity index is 2.35. The Kier molecular flexibility index (Phi) is 1.50. The lowest BCUT2D eigenvalue weighted by atomic mass is 10.2. The molecule has 17 heavy (non-hydrogen) atoms. The summed E-state index contributed by atoms with van der Waals surface area (Å²) >= 11 is 0. The second kappa shape index (κ2) is 2.88. The van der Waals surface area contributed by atoms with Gasteiger partial charge in [-0.05, 0) is 25.1 Å². The van der Waals surface area contributed by atoms with Crippen molar-refractivity contribution in [2.24, 2.45) is 0 Å². The molecule has 3 heteroatoms. The summed E-state index contributed by atoms with van der Waals surface area (Å²) in [5.41, 5.74) is 5.46. The molecule has 0 aliphatic rings. The number of para-hydroxylation sites is 1. The van der Waals surface area contributed by atoms with Gasteiger partial charge in [0.05, 0.1) is 0 Å². The topological polar surface area (TPSA) is 33.1 Å². The Morgan fingerprint density at radius 2 is 1.94 bits per heavy atom. The largest absolute Gasteiger partial charge is 0.339 e. The van der Waals surface area contributed by atoms with Crippen molar-refractivity contribution in [3.8, 4) is 0 Å². The van der Waals surface area contributed by atoms with Crippen LogP contribution in [-0.2, 0) is 0 Å². The molecular formula is C14H11N3. The first-order valence-electron chi connectivity index (χ1n) is 5.69. The Hall–Kier alpha value is -2.29. The molecule has 3 nitrogen and oxygen atoms in total. The average molecular weight is 221 g/mol. The molecule has 0 unspecified atom stereocenters. The van der Waals surface area contributed by atoms with E-state index in [0.717, 1.165) is 22.3 Å². The lowest BCUT2D eigenvalue weighted by molar-refractivity contribution is 1.11. The van der Waals surface area contributed by atoms with Gasteiger partial charge in [0.2, 0.25) is 0 Å². The Labute approximate surface area is 97.7 Å². The van der Waals surface area contributed by atoms with Gasteiger partial charge in [0.15, 0.2) is 0 Å². The van der Waals surface area contributed by atoms with Crippen molar-refractivity contribution in [3.63, 3.8) is 0 Å². The third-order valence-corrected chi connectivity index (χ3v) is 3.27. The van der Waals surface area contributed by atoms with Gasteiger partial charge in [-0.1, -0.05) is 24.3 Å². The molecule has 3 aromatic heterocycles. The number of aromatic amines is 1. The van der Waals surface area contributed by atoms with Crippen molar-refractivity contribution < 1.29 is 0 Å². The maximum Gasteiger partial charge on any atom is 0.143 e. The molecule has 3 heterocycles.